The predicted molar refractivity (Wildman–Crippen MR) is 107 cm³/mol. The van der Waals surface area contributed by atoms with Gasteiger partial charge < -0.3 is 15.7 Å². The highest BCUT2D eigenvalue weighted by Gasteiger charge is 2.08. The number of halogens is 4. The minimum absolute atomic E-state index is 0.367. The number of allylic oxidation sites excluding steroid dienone is 1. The number of hydrogen-bond donors (Lipinski definition) is 2. The molecule has 0 aliphatic carbocycles. The van der Waals surface area contributed by atoms with Gasteiger partial charge in [0.05, 0.1) is 0 Å². The number of nitrogen functional groups attached to an aromatic ring is 1. The Hall–Kier alpha value is -2.54. The van der Waals surface area contributed by atoms with Crippen LogP contribution in [0.25, 0.3) is 11.1 Å². The first kappa shape index (κ1) is 25.5. The second kappa shape index (κ2) is 12.8. The summed E-state index contributed by atoms with van der Waals surface area (Å²) in [6, 6.07) is 8.78. The molecule has 0 radical (unpaired) electrons. The molecule has 0 aliphatic rings. The van der Waals surface area contributed by atoms with E-state index >= 15 is 0 Å². The van der Waals surface area contributed by atoms with Gasteiger partial charge in [-0.3, -0.25) is 0 Å². The molecule has 0 heterocycles. The summed E-state index contributed by atoms with van der Waals surface area (Å²) in [6.07, 6.45) is 3.29. The highest BCUT2D eigenvalue weighted by atomic mass is 19.3. The van der Waals surface area contributed by atoms with Crippen molar-refractivity contribution < 1.29 is 22.7 Å². The smallest absolute Gasteiger partial charge is 0.342 e. The Kier molecular flexibility index (Phi) is 11.6. The molecule has 0 atom stereocenters. The molecule has 3 nitrogen and oxygen atoms in total. The third kappa shape index (κ3) is 10.6. The number of aliphatic hydroxyl groups is 1. The SMILES string of the molecule is CCC(C)=CN(C)C.Cc1ccc(N)cc1-c1ccc(F)cc1F.OC(F)F. The van der Waals surface area contributed by atoms with Crippen LogP contribution < -0.4 is 5.73 Å². The first-order valence-electron chi connectivity index (χ1n) is 8.59. The van der Waals surface area contributed by atoms with Crippen molar-refractivity contribution in [3.8, 4) is 11.1 Å². The zero-order chi connectivity index (χ0) is 21.9. The van der Waals surface area contributed by atoms with Gasteiger partial charge in [-0.2, -0.15) is 8.78 Å². The molecular weight excluding hydrogens is 372 g/mol. The molecule has 0 amide bonds. The van der Waals surface area contributed by atoms with Crippen molar-refractivity contribution in [2.24, 2.45) is 0 Å². The quantitative estimate of drug-likeness (QED) is 0.522. The molecule has 2 rings (SSSR count). The topological polar surface area (TPSA) is 49.5 Å². The molecule has 2 aromatic carbocycles. The summed E-state index contributed by atoms with van der Waals surface area (Å²) < 4.78 is 46.1. The zero-order valence-electron chi connectivity index (χ0n) is 16.8. The Morgan fingerprint density at radius 3 is 2.11 bits per heavy atom. The molecule has 0 fully saturated rings. The minimum Gasteiger partial charge on any atom is -0.399 e. The van der Waals surface area contributed by atoms with Gasteiger partial charge in [-0.25, -0.2) is 8.78 Å². The zero-order valence-corrected chi connectivity index (χ0v) is 16.8. The van der Waals surface area contributed by atoms with Crippen LogP contribution in [0.15, 0.2) is 48.2 Å². The second-order valence-electron chi connectivity index (χ2n) is 6.27. The van der Waals surface area contributed by atoms with Crippen LogP contribution in [0.2, 0.25) is 0 Å². The Labute approximate surface area is 164 Å². The van der Waals surface area contributed by atoms with Gasteiger partial charge in [0.1, 0.15) is 11.6 Å². The molecule has 0 spiro atoms. The van der Waals surface area contributed by atoms with Crippen molar-refractivity contribution in [2.75, 3.05) is 19.8 Å². The monoisotopic (exact) mass is 400 g/mol. The van der Waals surface area contributed by atoms with Crippen LogP contribution in [0.3, 0.4) is 0 Å². The fraction of sp³-hybridized carbons (Fsp3) is 0.333. The third-order valence-electron chi connectivity index (χ3n) is 3.52. The van der Waals surface area contributed by atoms with E-state index in [1.54, 1.807) is 12.1 Å². The van der Waals surface area contributed by atoms with E-state index < -0.39 is 18.2 Å². The summed E-state index contributed by atoms with van der Waals surface area (Å²) in [4.78, 5) is 2.07. The molecule has 156 valence electrons. The molecule has 2 aromatic rings. The van der Waals surface area contributed by atoms with Crippen LogP contribution in [0, 0.1) is 18.6 Å². The van der Waals surface area contributed by atoms with Crippen molar-refractivity contribution in [1.82, 2.24) is 4.90 Å². The highest BCUT2D eigenvalue weighted by Crippen LogP contribution is 2.28. The van der Waals surface area contributed by atoms with Crippen LogP contribution in [0.1, 0.15) is 25.8 Å². The number of alkyl halides is 2. The van der Waals surface area contributed by atoms with Gasteiger partial charge in [-0.15, -0.1) is 0 Å². The predicted octanol–water partition coefficient (Wildman–Crippen LogP) is 5.59. The second-order valence-corrected chi connectivity index (χ2v) is 6.27. The summed E-state index contributed by atoms with van der Waals surface area (Å²) in [6.45, 7) is 2.99. The maximum Gasteiger partial charge on any atom is 0.342 e. The average molecular weight is 400 g/mol. The standard InChI is InChI=1S/C13H11F2N.C7H15N.CH2F2O/c1-8-2-4-10(16)7-12(8)11-5-3-9(14)6-13(11)15;1-5-7(2)6-8(3)4;2-1(3)4/h2-7H,16H2,1H3;6H,5H2,1-4H3;1,4H. The van der Waals surface area contributed by atoms with Crippen LogP contribution in [-0.4, -0.2) is 30.7 Å². The van der Waals surface area contributed by atoms with Crippen molar-refractivity contribution in [3.05, 3.63) is 65.4 Å². The van der Waals surface area contributed by atoms with Crippen LogP contribution in [0.4, 0.5) is 23.2 Å². The van der Waals surface area contributed by atoms with E-state index in [2.05, 4.69) is 24.9 Å². The molecule has 3 N–H and O–H groups in total. The van der Waals surface area contributed by atoms with Crippen LogP contribution in [0.5, 0.6) is 0 Å². The van der Waals surface area contributed by atoms with Gasteiger partial charge in [0.25, 0.3) is 0 Å². The van der Waals surface area contributed by atoms with Crippen molar-refractivity contribution in [1.29, 1.82) is 0 Å². The third-order valence-corrected chi connectivity index (χ3v) is 3.52. The normalized spacial score (nSPS) is 10.6. The number of rotatable bonds is 3. The molecule has 0 aromatic heterocycles. The van der Waals surface area contributed by atoms with Crippen LogP contribution >= 0.6 is 0 Å². The van der Waals surface area contributed by atoms with E-state index in [4.69, 9.17) is 10.8 Å². The lowest BCUT2D eigenvalue weighted by Gasteiger charge is -2.08. The molecular formula is C21H28F4N2O. The van der Waals surface area contributed by atoms with Crippen LogP contribution in [-0.2, 0) is 0 Å². The number of benzene rings is 2. The van der Waals surface area contributed by atoms with E-state index in [1.165, 1.54) is 17.7 Å². The molecule has 0 aliphatic heterocycles. The number of aryl methyl sites for hydroxylation is 1. The number of hydrogen-bond acceptors (Lipinski definition) is 3. The summed E-state index contributed by atoms with van der Waals surface area (Å²) in [7, 11) is 4.08. The Morgan fingerprint density at radius 1 is 1.11 bits per heavy atom. The summed E-state index contributed by atoms with van der Waals surface area (Å²) in [5.41, 5.74) is 9.60. The lowest BCUT2D eigenvalue weighted by molar-refractivity contribution is -0.0728. The summed E-state index contributed by atoms with van der Waals surface area (Å²) in [5, 5.41) is 6.72. The fourth-order valence-electron chi connectivity index (χ4n) is 2.17. The van der Waals surface area contributed by atoms with Crippen molar-refractivity contribution >= 4 is 5.69 Å². The largest absolute Gasteiger partial charge is 0.399 e. The van der Waals surface area contributed by atoms with E-state index in [9.17, 15) is 17.6 Å². The maximum atomic E-state index is 13.6. The molecule has 7 heteroatoms. The summed E-state index contributed by atoms with van der Waals surface area (Å²) >= 11 is 0. The molecule has 0 bridgehead atoms. The van der Waals surface area contributed by atoms with E-state index in [1.807, 2.05) is 27.1 Å². The van der Waals surface area contributed by atoms with Gasteiger partial charge in [0, 0.05) is 31.4 Å². The summed E-state index contributed by atoms with van der Waals surface area (Å²) in [5.74, 6) is -1.16. The highest BCUT2D eigenvalue weighted by molar-refractivity contribution is 5.71. The van der Waals surface area contributed by atoms with Crippen molar-refractivity contribution in [3.63, 3.8) is 0 Å². The Bertz CT molecular complexity index is 759. The van der Waals surface area contributed by atoms with Gasteiger partial charge in [0.2, 0.25) is 0 Å². The Balaban J connectivity index is 0.000000511. The number of nitrogens with zero attached hydrogens (tertiary/aromatic N) is 1. The lowest BCUT2D eigenvalue weighted by atomic mass is 9.99. The van der Waals surface area contributed by atoms with E-state index in [0.717, 1.165) is 18.1 Å². The number of nitrogens with two attached hydrogens (primary N) is 1. The fourth-order valence-corrected chi connectivity index (χ4v) is 2.17. The molecule has 28 heavy (non-hydrogen) atoms. The first-order valence-corrected chi connectivity index (χ1v) is 8.59. The minimum atomic E-state index is -3.17. The first-order chi connectivity index (χ1) is 13.0. The maximum absolute atomic E-state index is 13.6. The molecule has 0 unspecified atom stereocenters. The average Bonchev–Trinajstić information content (AvgIpc) is 2.57. The van der Waals surface area contributed by atoms with Gasteiger partial charge >= 0.3 is 6.61 Å². The van der Waals surface area contributed by atoms with Gasteiger partial charge in [-0.05, 0) is 61.9 Å². The van der Waals surface area contributed by atoms with E-state index in [-0.39, 0.29) is 0 Å². The number of aliphatic hydroxyl groups excluding tert-OH is 1. The number of anilines is 1. The lowest BCUT2D eigenvalue weighted by Crippen LogP contribution is -2.01. The molecule has 0 saturated heterocycles. The molecule has 0 saturated carbocycles. The van der Waals surface area contributed by atoms with Gasteiger partial charge in [0.15, 0.2) is 0 Å². The van der Waals surface area contributed by atoms with Gasteiger partial charge in [-0.1, -0.05) is 18.6 Å². The van der Waals surface area contributed by atoms with E-state index in [0.29, 0.717) is 16.8 Å². The Morgan fingerprint density at radius 2 is 1.68 bits per heavy atom. The van der Waals surface area contributed by atoms with Crippen molar-refractivity contribution in [2.45, 2.75) is 33.8 Å².